The molecule has 0 bridgehead atoms. The zero-order valence-electron chi connectivity index (χ0n) is 22.5. The Bertz CT molecular complexity index is 2020. The highest BCUT2D eigenvalue weighted by atomic mass is 14.7. The third-order valence-corrected chi connectivity index (χ3v) is 7.64. The molecular weight excluding hydrogens is 512 g/mol. The van der Waals surface area contributed by atoms with Crippen LogP contribution < -0.4 is 0 Å². The highest BCUT2D eigenvalue weighted by molar-refractivity contribution is 6.21. The van der Waals surface area contributed by atoms with Crippen LogP contribution in [0.5, 0.6) is 0 Å². The molecule has 0 spiro atoms. The molecule has 194 valence electrons. The molecular formula is C38H22N4. The van der Waals surface area contributed by atoms with Crippen LogP contribution in [0.15, 0.2) is 134 Å². The minimum absolute atomic E-state index is 0.548. The van der Waals surface area contributed by atoms with E-state index in [1.807, 2.05) is 24.3 Å². The third kappa shape index (κ3) is 4.16. The second-order valence-corrected chi connectivity index (χ2v) is 10.0. The fourth-order valence-electron chi connectivity index (χ4n) is 5.85. The summed E-state index contributed by atoms with van der Waals surface area (Å²) in [7, 11) is 0. The summed E-state index contributed by atoms with van der Waals surface area (Å²) in [4.78, 5) is 9.06. The van der Waals surface area contributed by atoms with Gasteiger partial charge in [0, 0.05) is 23.5 Å². The topological polar surface area (TPSA) is 73.4 Å². The van der Waals surface area contributed by atoms with Gasteiger partial charge in [0.05, 0.1) is 22.5 Å². The van der Waals surface area contributed by atoms with Crippen molar-refractivity contribution in [1.82, 2.24) is 9.97 Å². The SMILES string of the molecule is N#Cc1cccnc1-c1cccc(-c2c3ccccc3c(-c3cccc(-c4ncccc4C#N)c3)c3ccccc23)c1. The molecule has 0 aliphatic carbocycles. The van der Waals surface area contributed by atoms with Crippen LogP contribution in [0.4, 0.5) is 0 Å². The first-order chi connectivity index (χ1) is 20.8. The van der Waals surface area contributed by atoms with Gasteiger partial charge in [0.15, 0.2) is 0 Å². The van der Waals surface area contributed by atoms with Crippen LogP contribution in [0.25, 0.3) is 66.3 Å². The van der Waals surface area contributed by atoms with Crippen molar-refractivity contribution < 1.29 is 0 Å². The second-order valence-electron chi connectivity index (χ2n) is 10.0. The Morgan fingerprint density at radius 2 is 0.786 bits per heavy atom. The van der Waals surface area contributed by atoms with Gasteiger partial charge in [-0.2, -0.15) is 10.5 Å². The number of benzene rings is 5. The maximum Gasteiger partial charge on any atom is 0.101 e. The largest absolute Gasteiger partial charge is 0.255 e. The quantitative estimate of drug-likeness (QED) is 0.211. The smallest absolute Gasteiger partial charge is 0.101 e. The summed E-state index contributed by atoms with van der Waals surface area (Å²) in [5.74, 6) is 0. The summed E-state index contributed by atoms with van der Waals surface area (Å²) in [5.41, 5.74) is 8.63. The molecule has 42 heavy (non-hydrogen) atoms. The van der Waals surface area contributed by atoms with Crippen LogP contribution >= 0.6 is 0 Å². The number of rotatable bonds is 4. The van der Waals surface area contributed by atoms with Crippen molar-refractivity contribution in [3.05, 3.63) is 145 Å². The number of nitrogens with zero attached hydrogens (tertiary/aromatic N) is 4. The third-order valence-electron chi connectivity index (χ3n) is 7.64. The molecule has 0 saturated heterocycles. The zero-order valence-corrected chi connectivity index (χ0v) is 22.5. The first kappa shape index (κ1) is 24.9. The number of hydrogen-bond acceptors (Lipinski definition) is 4. The molecule has 7 rings (SSSR count). The van der Waals surface area contributed by atoms with E-state index in [1.54, 1.807) is 36.7 Å². The van der Waals surface area contributed by atoms with E-state index < -0.39 is 0 Å². The van der Waals surface area contributed by atoms with Crippen molar-refractivity contribution in [2.45, 2.75) is 0 Å². The van der Waals surface area contributed by atoms with Gasteiger partial charge < -0.3 is 0 Å². The first-order valence-corrected chi connectivity index (χ1v) is 13.6. The van der Waals surface area contributed by atoms with Crippen LogP contribution in [0.3, 0.4) is 0 Å². The summed E-state index contributed by atoms with van der Waals surface area (Å²) in [5, 5.41) is 23.9. The van der Waals surface area contributed by atoms with Gasteiger partial charge in [-0.15, -0.1) is 0 Å². The molecule has 0 saturated carbocycles. The number of fused-ring (bicyclic) bond motifs is 2. The van der Waals surface area contributed by atoms with E-state index in [0.29, 0.717) is 22.5 Å². The summed E-state index contributed by atoms with van der Waals surface area (Å²) in [6.07, 6.45) is 3.45. The molecule has 0 unspecified atom stereocenters. The van der Waals surface area contributed by atoms with E-state index in [9.17, 15) is 10.5 Å². The average molecular weight is 535 g/mol. The van der Waals surface area contributed by atoms with Gasteiger partial charge in [-0.1, -0.05) is 84.9 Å². The maximum atomic E-state index is 9.70. The molecule has 0 amide bonds. The van der Waals surface area contributed by atoms with Crippen molar-refractivity contribution in [3.8, 4) is 56.9 Å². The monoisotopic (exact) mass is 534 g/mol. The van der Waals surface area contributed by atoms with E-state index in [0.717, 1.165) is 54.9 Å². The highest BCUT2D eigenvalue weighted by Crippen LogP contribution is 2.44. The van der Waals surface area contributed by atoms with E-state index >= 15 is 0 Å². The van der Waals surface area contributed by atoms with Gasteiger partial charge in [0.1, 0.15) is 12.1 Å². The minimum Gasteiger partial charge on any atom is -0.255 e. The van der Waals surface area contributed by atoms with Gasteiger partial charge in [0.2, 0.25) is 0 Å². The molecule has 2 aromatic heterocycles. The molecule has 4 nitrogen and oxygen atoms in total. The van der Waals surface area contributed by atoms with Crippen molar-refractivity contribution in [1.29, 1.82) is 10.5 Å². The molecule has 2 heterocycles. The van der Waals surface area contributed by atoms with Gasteiger partial charge in [-0.3, -0.25) is 9.97 Å². The standard InChI is InChI=1S/C38H22N4/c39-23-29-13-7-19-41-37(29)27-11-5-9-25(21-27)35-31-15-1-2-16-32(31)36(34-18-4-3-17-33(34)35)26-10-6-12-28(22-26)38-30(24-40)14-8-20-42-38/h1-22H. The molecule has 0 N–H and O–H groups in total. The predicted molar refractivity (Wildman–Crippen MR) is 168 cm³/mol. The van der Waals surface area contributed by atoms with Crippen LogP contribution in [0, 0.1) is 22.7 Å². The molecule has 0 radical (unpaired) electrons. The molecule has 0 atom stereocenters. The Morgan fingerprint density at radius 1 is 0.405 bits per heavy atom. The zero-order chi connectivity index (χ0) is 28.5. The lowest BCUT2D eigenvalue weighted by Gasteiger charge is -2.18. The van der Waals surface area contributed by atoms with Crippen molar-refractivity contribution >= 4 is 21.5 Å². The lowest BCUT2D eigenvalue weighted by atomic mass is 9.85. The van der Waals surface area contributed by atoms with Crippen molar-refractivity contribution in [2.75, 3.05) is 0 Å². The maximum absolute atomic E-state index is 9.70. The van der Waals surface area contributed by atoms with Crippen molar-refractivity contribution in [3.63, 3.8) is 0 Å². The number of pyridine rings is 2. The van der Waals surface area contributed by atoms with Gasteiger partial charge >= 0.3 is 0 Å². The second kappa shape index (κ2) is 10.5. The Labute approximate surface area is 243 Å². The first-order valence-electron chi connectivity index (χ1n) is 13.6. The summed E-state index contributed by atoms with van der Waals surface area (Å²) in [6, 6.07) is 45.3. The molecule has 0 fully saturated rings. The molecule has 0 aliphatic rings. The fourth-order valence-corrected chi connectivity index (χ4v) is 5.85. The molecule has 7 aromatic rings. The Morgan fingerprint density at radius 3 is 1.17 bits per heavy atom. The minimum atomic E-state index is 0.548. The lowest BCUT2D eigenvalue weighted by molar-refractivity contribution is 1.30. The molecule has 0 aliphatic heterocycles. The molecule has 4 heteroatoms. The van der Waals surface area contributed by atoms with E-state index in [4.69, 9.17) is 0 Å². The van der Waals surface area contributed by atoms with E-state index in [2.05, 4.69) is 94.9 Å². The van der Waals surface area contributed by atoms with E-state index in [1.165, 1.54) is 0 Å². The number of aromatic nitrogens is 2. The van der Waals surface area contributed by atoms with Gasteiger partial charge in [-0.05, 0) is 80.2 Å². The molecule has 5 aromatic carbocycles. The number of hydrogen-bond donors (Lipinski definition) is 0. The summed E-state index contributed by atoms with van der Waals surface area (Å²) in [6.45, 7) is 0. The summed E-state index contributed by atoms with van der Waals surface area (Å²) < 4.78 is 0. The highest BCUT2D eigenvalue weighted by Gasteiger charge is 2.18. The Kier molecular flexibility index (Phi) is 6.21. The van der Waals surface area contributed by atoms with Gasteiger partial charge in [0.25, 0.3) is 0 Å². The lowest BCUT2D eigenvalue weighted by Crippen LogP contribution is -1.93. The van der Waals surface area contributed by atoms with Crippen molar-refractivity contribution in [2.24, 2.45) is 0 Å². The normalized spacial score (nSPS) is 10.8. The van der Waals surface area contributed by atoms with Crippen LogP contribution in [-0.4, -0.2) is 9.97 Å². The average Bonchev–Trinajstić information content (AvgIpc) is 3.07. The Balaban J connectivity index is 1.50. The predicted octanol–water partition coefficient (Wildman–Crippen LogP) is 9.19. The Hall–Kier alpha value is -6.10. The summed E-state index contributed by atoms with van der Waals surface area (Å²) >= 11 is 0. The fraction of sp³-hybridized carbons (Fsp3) is 0. The number of nitriles is 2. The van der Waals surface area contributed by atoms with E-state index in [-0.39, 0.29) is 0 Å². The van der Waals surface area contributed by atoms with Crippen LogP contribution in [0.1, 0.15) is 11.1 Å². The van der Waals surface area contributed by atoms with Crippen LogP contribution in [-0.2, 0) is 0 Å². The van der Waals surface area contributed by atoms with Gasteiger partial charge in [-0.25, -0.2) is 0 Å². The van der Waals surface area contributed by atoms with Crippen LogP contribution in [0.2, 0.25) is 0 Å².